The molecule has 257 valence electrons. The quantitative estimate of drug-likeness (QED) is 0.0601. The summed E-state index contributed by atoms with van der Waals surface area (Å²) in [6.07, 6.45) is 7.90. The molecule has 4 rings (SSSR count). The van der Waals surface area contributed by atoms with Crippen LogP contribution in [0.1, 0.15) is 110 Å². The minimum Gasteiger partial charge on any atom is -0.512 e. The number of carbonyl (C=O) groups is 1. The molecule has 3 aromatic carbocycles. The molecule has 1 heterocycles. The molecular formula is C43H58IrNO2-. The maximum Gasteiger partial charge on any atom is 0.164 e. The summed E-state index contributed by atoms with van der Waals surface area (Å²) in [6, 6.07) is 18.0. The number of allylic oxidation sites excluding steroid dienone is 2. The van der Waals surface area contributed by atoms with E-state index in [1.165, 1.54) is 44.3 Å². The van der Waals surface area contributed by atoms with Crippen LogP contribution in [0, 0.1) is 44.1 Å². The molecule has 0 fully saturated rings. The summed E-state index contributed by atoms with van der Waals surface area (Å²) in [7, 11) is 4.27. The van der Waals surface area contributed by atoms with Gasteiger partial charge in [-0.05, 0) is 77.6 Å². The molecule has 1 N–H and O–H groups in total. The molecule has 0 aliphatic carbocycles. The summed E-state index contributed by atoms with van der Waals surface area (Å²) >= 11 is 0. The maximum atomic E-state index is 12.2. The molecule has 0 aliphatic rings. The predicted octanol–water partition coefficient (Wildman–Crippen LogP) is 11.6. The molecule has 0 saturated carbocycles. The van der Waals surface area contributed by atoms with Crippen molar-refractivity contribution >= 4 is 27.3 Å². The number of aliphatic hydroxyl groups is 1. The smallest absolute Gasteiger partial charge is 0.164 e. The third-order valence-electron chi connectivity index (χ3n) is 10.3. The monoisotopic (exact) mass is 813 g/mol. The van der Waals surface area contributed by atoms with E-state index in [9.17, 15) is 9.90 Å². The van der Waals surface area contributed by atoms with E-state index in [2.05, 4.69) is 103 Å². The van der Waals surface area contributed by atoms with Crippen LogP contribution in [0.25, 0.3) is 32.8 Å². The first-order chi connectivity index (χ1) is 21.4. The summed E-state index contributed by atoms with van der Waals surface area (Å²) < 4.78 is 1.98. The van der Waals surface area contributed by atoms with Gasteiger partial charge in [-0.1, -0.05) is 105 Å². The first kappa shape index (κ1) is 40.1. The third kappa shape index (κ3) is 9.09. The number of pyridine rings is 1. The van der Waals surface area contributed by atoms with Crippen LogP contribution >= 0.6 is 0 Å². The summed E-state index contributed by atoms with van der Waals surface area (Å²) in [4.78, 5) is 12.2. The van der Waals surface area contributed by atoms with E-state index in [1.54, 1.807) is 0 Å². The summed E-state index contributed by atoms with van der Waals surface area (Å²) in [5.41, 5.74) is 6.88. The topological polar surface area (TPSA) is 41.2 Å². The molecule has 4 aromatic rings. The molecule has 0 unspecified atom stereocenters. The molecule has 4 heteroatoms. The fraction of sp³-hybridized carbons (Fsp3) is 0.442. The molecule has 0 aliphatic heterocycles. The first-order valence-electron chi connectivity index (χ1n) is 17.0. The van der Waals surface area contributed by atoms with Crippen molar-refractivity contribution in [3.05, 3.63) is 103 Å². The largest absolute Gasteiger partial charge is 0.512 e. The second-order valence-electron chi connectivity index (χ2n) is 15.0. The van der Waals surface area contributed by atoms with E-state index in [-0.39, 0.29) is 47.9 Å². The fourth-order valence-electron chi connectivity index (χ4n) is 6.10. The molecule has 0 bridgehead atoms. The van der Waals surface area contributed by atoms with Gasteiger partial charge in [0, 0.05) is 44.1 Å². The Balaban J connectivity index is 0.000000370. The fourth-order valence-corrected chi connectivity index (χ4v) is 6.10. The van der Waals surface area contributed by atoms with Crippen LogP contribution in [0.3, 0.4) is 0 Å². The summed E-state index contributed by atoms with van der Waals surface area (Å²) in [6.45, 7) is 27.6. The van der Waals surface area contributed by atoms with E-state index in [4.69, 9.17) is 0 Å². The molecule has 47 heavy (non-hydrogen) atoms. The van der Waals surface area contributed by atoms with Crippen molar-refractivity contribution < 1.29 is 34.6 Å². The average molecular weight is 813 g/mol. The number of rotatable bonds is 9. The molecule has 0 amide bonds. The number of aliphatic hydroxyl groups excluding tert-OH is 1. The van der Waals surface area contributed by atoms with Crippen LogP contribution in [0.15, 0.2) is 66.6 Å². The van der Waals surface area contributed by atoms with Crippen molar-refractivity contribution in [2.75, 3.05) is 0 Å². The number of carbonyl (C=O) groups excluding carboxylic acids is 1. The number of aryl methyl sites for hydroxylation is 2. The van der Waals surface area contributed by atoms with Gasteiger partial charge in [-0.2, -0.15) is 18.1 Å². The Labute approximate surface area is 299 Å². The van der Waals surface area contributed by atoms with Gasteiger partial charge in [0.1, 0.15) is 5.76 Å². The zero-order valence-electron chi connectivity index (χ0n) is 30.9. The number of hydrogen-bond donors (Lipinski definition) is 1. The van der Waals surface area contributed by atoms with Gasteiger partial charge in [0.05, 0.1) is 11.9 Å². The van der Waals surface area contributed by atoms with E-state index < -0.39 is 0 Å². The SMILES string of the molecule is CCC(C)(CC)C(=O)/C=C(\O)C(C)(CC)CC.[CH2-]c1c(C)cc(C)cc1-c1c2ccc3cc(CC(C)(C)C)ccc3c2cc[n+]1[CH2-].[Ir]. The zero-order chi connectivity index (χ0) is 34.6. The van der Waals surface area contributed by atoms with Gasteiger partial charge >= 0.3 is 0 Å². The van der Waals surface area contributed by atoms with Gasteiger partial charge in [0.2, 0.25) is 0 Å². The van der Waals surface area contributed by atoms with Gasteiger partial charge in [-0.15, -0.1) is 17.7 Å². The minimum atomic E-state index is -0.337. The Morgan fingerprint density at radius 1 is 0.809 bits per heavy atom. The van der Waals surface area contributed by atoms with Gasteiger partial charge in [0.25, 0.3) is 0 Å². The second-order valence-corrected chi connectivity index (χ2v) is 15.0. The van der Waals surface area contributed by atoms with Gasteiger partial charge in [-0.3, -0.25) is 4.79 Å². The Hall–Kier alpha value is -3.07. The van der Waals surface area contributed by atoms with Crippen LogP contribution in [-0.4, -0.2) is 10.9 Å². The van der Waals surface area contributed by atoms with E-state index in [1.807, 2.05) is 46.1 Å². The van der Waals surface area contributed by atoms with Gasteiger partial charge in [-0.25, -0.2) is 0 Å². The van der Waals surface area contributed by atoms with Crippen molar-refractivity contribution in [3.8, 4) is 11.3 Å². The number of nitrogens with zero attached hydrogens (tertiary/aromatic N) is 1. The molecule has 1 radical (unpaired) electrons. The third-order valence-corrected chi connectivity index (χ3v) is 10.3. The van der Waals surface area contributed by atoms with Gasteiger partial charge in [0.15, 0.2) is 5.78 Å². The minimum absolute atomic E-state index is 0. The summed E-state index contributed by atoms with van der Waals surface area (Å²) in [5, 5.41) is 15.2. The Bertz CT molecular complexity index is 1730. The van der Waals surface area contributed by atoms with E-state index in [0.29, 0.717) is 0 Å². The van der Waals surface area contributed by atoms with Crippen LogP contribution in [0.5, 0.6) is 0 Å². The number of ketones is 1. The molecular weight excluding hydrogens is 755 g/mol. The van der Waals surface area contributed by atoms with Crippen molar-refractivity contribution in [1.82, 2.24) is 0 Å². The molecule has 0 saturated heterocycles. The van der Waals surface area contributed by atoms with Crippen LogP contribution in [0.2, 0.25) is 0 Å². The van der Waals surface area contributed by atoms with E-state index >= 15 is 0 Å². The maximum absolute atomic E-state index is 12.2. The number of benzene rings is 3. The van der Waals surface area contributed by atoms with Crippen molar-refractivity contribution in [2.24, 2.45) is 16.2 Å². The predicted molar refractivity (Wildman–Crippen MR) is 198 cm³/mol. The van der Waals surface area contributed by atoms with Crippen LogP contribution in [-0.2, 0) is 31.3 Å². The Morgan fingerprint density at radius 2 is 1.38 bits per heavy atom. The Morgan fingerprint density at radius 3 is 1.94 bits per heavy atom. The Kier molecular flexibility index (Phi) is 13.6. The van der Waals surface area contributed by atoms with Crippen molar-refractivity contribution in [2.45, 2.75) is 108 Å². The number of fused-ring (bicyclic) bond motifs is 3. The zero-order valence-corrected chi connectivity index (χ0v) is 33.3. The standard InChI is InChI=1S/C28H30N.C15H28O2.Ir/c1-18-14-19(2)20(3)26(15-18)27-25-11-9-22-16-21(17-28(4,5)6)8-10-23(22)24(25)12-13-29(27)7;1-7-14(5,8-2)12(16)11-13(17)15(6,9-3)10-4;/h8-16H,3,7,17H2,1-2,4-6H3;11,16H,7-10H2,1-6H3;/q-1;;/b;12-11-;. The summed E-state index contributed by atoms with van der Waals surface area (Å²) in [5.74, 6) is 0.286. The number of hydrogen-bond acceptors (Lipinski definition) is 2. The van der Waals surface area contributed by atoms with Gasteiger partial charge < -0.3 is 9.67 Å². The number of aromatic nitrogens is 1. The first-order valence-corrected chi connectivity index (χ1v) is 17.0. The van der Waals surface area contributed by atoms with Crippen molar-refractivity contribution in [1.29, 1.82) is 0 Å². The molecule has 3 nitrogen and oxygen atoms in total. The van der Waals surface area contributed by atoms with E-state index in [0.717, 1.165) is 48.9 Å². The molecule has 1 aromatic heterocycles. The van der Waals surface area contributed by atoms with Crippen LogP contribution < -0.4 is 4.57 Å². The van der Waals surface area contributed by atoms with Crippen molar-refractivity contribution in [3.63, 3.8) is 0 Å². The second kappa shape index (κ2) is 15.9. The normalized spacial score (nSPS) is 12.4. The average Bonchev–Trinajstić information content (AvgIpc) is 3.01. The molecule has 0 atom stereocenters. The van der Waals surface area contributed by atoms with Crippen LogP contribution in [0.4, 0.5) is 0 Å². The molecule has 0 spiro atoms.